The number of anilines is 6. The molecule has 2 aliphatic rings. The molecule has 16 heteroatoms. The summed E-state index contributed by atoms with van der Waals surface area (Å²) in [6, 6.07) is 132. The van der Waals surface area contributed by atoms with Gasteiger partial charge in [0.1, 0.15) is 24.0 Å². The summed E-state index contributed by atoms with van der Waals surface area (Å²) >= 11 is 3.68. The topological polar surface area (TPSA) is 67.9 Å². The number of aryl methyl sites for hydroxylation is 2. The third-order valence-electron chi connectivity index (χ3n) is 22.8. The van der Waals surface area contributed by atoms with Gasteiger partial charge in [0, 0.05) is 78.2 Å². The summed E-state index contributed by atoms with van der Waals surface area (Å²) in [7, 11) is -2.09. The van der Waals surface area contributed by atoms with E-state index in [2.05, 4.69) is 252 Å². The van der Waals surface area contributed by atoms with Gasteiger partial charge < -0.3 is 18.9 Å². The maximum Gasteiger partial charge on any atom is 2.00 e. The zero-order chi connectivity index (χ0) is 76.2. The van der Waals surface area contributed by atoms with Crippen LogP contribution in [0, 0.1) is 24.3 Å². The molecule has 8 heterocycles. The van der Waals surface area contributed by atoms with Gasteiger partial charge in [-0.05, 0) is 108 Å². The molecule has 0 saturated heterocycles. The summed E-state index contributed by atoms with van der Waals surface area (Å²) in [6.45, 7) is 0. The SMILES string of the molecule is Cn1c(-c2[c-]c(C(F)c3[c-]c(N4c5ccc6c(sc7ccccc76)c5[Si](c5ccccc5)(c5ccccc5)c5cccnc54)ccc3)ccc2)nc2ccccc21.Cn1c(-c2[c-]c(C(F)c3[c-]c(N4c5ccc6sc7ccccc7c6c5[Si](c5ccccc5)(c5ccccc5)c5cccnc54)ccc3)ccc2)nc2ccccc21.[Pd+2].[Pd+2]. The van der Waals surface area contributed by atoms with Crippen LogP contribution < -0.4 is 51.3 Å². The average molecular weight is 1750 g/mol. The van der Waals surface area contributed by atoms with Gasteiger partial charge in [-0.15, -0.1) is 106 Å². The molecule has 6 aromatic heterocycles. The quantitative estimate of drug-likeness (QED) is 0.0897. The van der Waals surface area contributed by atoms with Gasteiger partial charge in [-0.3, -0.25) is 9.97 Å². The Morgan fingerprint density at radius 1 is 0.336 bits per heavy atom. The Morgan fingerprint density at radius 2 is 0.733 bits per heavy atom. The van der Waals surface area contributed by atoms with Gasteiger partial charge in [-0.25, -0.2) is 18.7 Å². The summed E-state index contributed by atoms with van der Waals surface area (Å²) in [5.74, 6) is 3.16. The largest absolute Gasteiger partial charge is 2.00 e. The molecule has 2 atom stereocenters. The zero-order valence-electron chi connectivity index (χ0n) is 62.4. The van der Waals surface area contributed by atoms with Crippen LogP contribution in [0.5, 0.6) is 0 Å². The van der Waals surface area contributed by atoms with Gasteiger partial charge in [0.05, 0.1) is 33.7 Å². The van der Waals surface area contributed by atoms with Crippen molar-refractivity contribution < 1.29 is 49.6 Å². The van der Waals surface area contributed by atoms with Crippen molar-refractivity contribution in [2.24, 2.45) is 14.1 Å². The van der Waals surface area contributed by atoms with E-state index in [0.29, 0.717) is 22.3 Å². The summed E-state index contributed by atoms with van der Waals surface area (Å²) in [5.41, 5.74) is 10.5. The first-order valence-corrected chi connectivity index (χ1v) is 43.7. The number of imidazole rings is 2. The number of halogens is 2. The molecule has 0 amide bonds. The second-order valence-electron chi connectivity index (χ2n) is 29.0. The molecular weight excluding hydrogens is 1680 g/mol. The number of alkyl halides is 2. The summed E-state index contributed by atoms with van der Waals surface area (Å²) < 4.78 is 43.1. The average Bonchev–Trinajstić information content (AvgIpc) is 1.18. The summed E-state index contributed by atoms with van der Waals surface area (Å²) in [4.78, 5) is 24.5. The van der Waals surface area contributed by atoms with Crippen LogP contribution in [-0.4, -0.2) is 45.2 Å². The fourth-order valence-electron chi connectivity index (χ4n) is 17.8. The third-order valence-corrected chi connectivity index (χ3v) is 35.0. The Balaban J connectivity index is 0.000000152. The van der Waals surface area contributed by atoms with Crippen molar-refractivity contribution in [1.29, 1.82) is 0 Å². The predicted octanol–water partition coefficient (Wildman–Crippen LogP) is 19.6. The van der Waals surface area contributed by atoms with Gasteiger partial charge in [0.2, 0.25) is 0 Å². The zero-order valence-corrected chi connectivity index (χ0v) is 69.2. The van der Waals surface area contributed by atoms with E-state index in [0.717, 1.165) is 79.2 Å². The van der Waals surface area contributed by atoms with Gasteiger partial charge in [-0.2, -0.15) is 36.4 Å². The molecule has 0 fully saturated rings. The maximum atomic E-state index is 17.0. The first-order valence-electron chi connectivity index (χ1n) is 38.1. The van der Waals surface area contributed by atoms with Gasteiger partial charge in [0.25, 0.3) is 0 Å². The minimum atomic E-state index is -3.04. The van der Waals surface area contributed by atoms with Crippen LogP contribution >= 0.6 is 22.7 Å². The van der Waals surface area contributed by atoms with E-state index in [9.17, 15) is 0 Å². The minimum Gasteiger partial charge on any atom is -0.367 e. The number of nitrogens with zero attached hydrogens (tertiary/aromatic N) is 8. The molecule has 0 radical (unpaired) electrons. The van der Waals surface area contributed by atoms with Gasteiger partial charge >= 0.3 is 40.8 Å². The first kappa shape index (κ1) is 74.1. The number of aromatic nitrogens is 6. The van der Waals surface area contributed by atoms with Crippen molar-refractivity contribution in [2.45, 2.75) is 12.3 Å². The van der Waals surface area contributed by atoms with Crippen LogP contribution in [0.15, 0.2) is 352 Å². The number of para-hydroxylation sites is 4. The van der Waals surface area contributed by atoms with E-state index in [1.54, 1.807) is 12.1 Å². The van der Waals surface area contributed by atoms with Crippen molar-refractivity contribution in [1.82, 2.24) is 29.1 Å². The molecule has 14 aromatic carbocycles. The molecule has 2 aliphatic heterocycles. The molecule has 0 aliphatic carbocycles. The van der Waals surface area contributed by atoms with Crippen LogP contribution in [0.25, 0.3) is 85.2 Å². The van der Waals surface area contributed by atoms with E-state index in [4.69, 9.17) is 19.9 Å². The number of rotatable bonds is 12. The fourth-order valence-corrected chi connectivity index (χ4v) is 31.2. The second-order valence-corrected chi connectivity index (χ2v) is 38.5. The number of benzene rings is 14. The van der Waals surface area contributed by atoms with Crippen molar-refractivity contribution in [3.05, 3.63) is 399 Å². The van der Waals surface area contributed by atoms with Crippen molar-refractivity contribution in [2.75, 3.05) is 9.80 Å². The molecule has 0 bridgehead atoms. The predicted molar refractivity (Wildman–Crippen MR) is 472 cm³/mol. The third kappa shape index (κ3) is 11.9. The molecular formula is C100H66F2N8Pd2S2Si2. The summed E-state index contributed by atoms with van der Waals surface area (Å²) in [5, 5.41) is 15.1. The van der Waals surface area contributed by atoms with Crippen LogP contribution in [0.4, 0.5) is 43.2 Å². The van der Waals surface area contributed by atoms with E-state index >= 15 is 8.78 Å². The molecule has 0 N–H and O–H groups in total. The van der Waals surface area contributed by atoms with E-state index < -0.39 is 28.5 Å². The molecule has 0 saturated carbocycles. The smallest absolute Gasteiger partial charge is 0.367 e. The van der Waals surface area contributed by atoms with Crippen LogP contribution in [0.1, 0.15) is 34.6 Å². The molecule has 8 nitrogen and oxygen atoms in total. The van der Waals surface area contributed by atoms with Crippen molar-refractivity contribution in [3.8, 4) is 22.8 Å². The Kier molecular flexibility index (Phi) is 19.4. The Bertz CT molecular complexity index is 7060. The maximum absolute atomic E-state index is 17.0. The Labute approximate surface area is 707 Å². The van der Waals surface area contributed by atoms with Crippen molar-refractivity contribution in [3.63, 3.8) is 0 Å². The van der Waals surface area contributed by atoms with Crippen LogP contribution in [-0.2, 0) is 54.9 Å². The van der Waals surface area contributed by atoms with Gasteiger partial charge in [0.15, 0.2) is 16.1 Å². The standard InChI is InChI=1S/2C50H33FN4SSi.2Pd/c1-54-42-25-10-9-24-41(42)53-49(54)35-17-12-15-33(31-35)46(51)34-16-13-18-36(32-34)55-43-29-28-40-39-23-8-11-26-44(39)56-47(40)48(43)57(37-19-4-2-5-20-37,38-21-6-3-7-22-38)45-27-14-30-52-50(45)55;1-54-41-25-10-9-24-40(41)53-49(54)35-17-12-15-33(31-35)47(51)34-16-13-18-36(32-34)55-42-28-29-44-46(39-23-8-11-26-43(39)56-44)48(42)57(37-19-4-2-5-20-37,38-21-6-3-7-22-38)45-27-14-30-52-50(45)55;;/h2-30,46H,1H3;2-30,47H,1H3;;/q2*-2;2*+2. The first-order chi connectivity index (χ1) is 56.2. The number of hydrogen-bond donors (Lipinski definition) is 0. The Morgan fingerprint density at radius 3 is 1.22 bits per heavy atom. The van der Waals surface area contributed by atoms with E-state index in [1.165, 1.54) is 81.8 Å². The van der Waals surface area contributed by atoms with E-state index in [1.807, 2.05) is 167 Å². The molecule has 560 valence electrons. The molecule has 20 aromatic rings. The second kappa shape index (κ2) is 30.3. The minimum absolute atomic E-state index is 0. The molecule has 0 spiro atoms. The number of pyridine rings is 2. The van der Waals surface area contributed by atoms with Gasteiger partial charge in [-0.1, -0.05) is 223 Å². The normalized spacial score (nSPS) is 13.6. The van der Waals surface area contributed by atoms with Crippen LogP contribution in [0.3, 0.4) is 0 Å². The Hall–Kier alpha value is -12.0. The number of fused-ring (bicyclic) bond motifs is 14. The number of thiophene rings is 2. The fraction of sp³-hybridized carbons (Fsp3) is 0.0400. The van der Waals surface area contributed by atoms with Crippen LogP contribution in [0.2, 0.25) is 0 Å². The number of hydrogen-bond acceptors (Lipinski definition) is 8. The van der Waals surface area contributed by atoms with Crippen molar-refractivity contribution >= 4 is 177 Å². The monoisotopic (exact) mass is 1750 g/mol. The van der Waals surface area contributed by atoms with E-state index in [-0.39, 0.29) is 40.8 Å². The molecule has 22 rings (SSSR count). The molecule has 2 unspecified atom stereocenters. The summed E-state index contributed by atoms with van der Waals surface area (Å²) in [6.07, 6.45) is 0.790. The molecule has 116 heavy (non-hydrogen) atoms.